The molecule has 0 aromatic carbocycles. The van der Waals surface area contributed by atoms with E-state index in [1.807, 2.05) is 0 Å². The second kappa shape index (κ2) is 3.56. The van der Waals surface area contributed by atoms with E-state index in [1.165, 1.54) is 23.4 Å². The van der Waals surface area contributed by atoms with Crippen molar-refractivity contribution in [3.63, 3.8) is 0 Å². The Bertz CT molecular complexity index is 400. The van der Waals surface area contributed by atoms with Gasteiger partial charge in [-0.25, -0.2) is 4.98 Å². The van der Waals surface area contributed by atoms with Gasteiger partial charge >= 0.3 is 0 Å². The molecule has 0 spiro atoms. The van der Waals surface area contributed by atoms with Crippen LogP contribution in [-0.4, -0.2) is 15.8 Å². The van der Waals surface area contributed by atoms with Crippen LogP contribution in [0.1, 0.15) is 0 Å². The first-order chi connectivity index (χ1) is 6.11. The zero-order valence-corrected chi connectivity index (χ0v) is 7.96. The topological polar surface area (TPSA) is 90.3 Å². The molecule has 6 nitrogen and oxygen atoms in total. The van der Waals surface area contributed by atoms with Crippen LogP contribution in [0.25, 0.3) is 0 Å². The number of rotatable bonds is 2. The lowest BCUT2D eigenvalue weighted by Gasteiger charge is -2.05. The first kappa shape index (κ1) is 9.72. The standard InChI is InChI=1S/C6H8N4O2S/c1-10-5(11)3(9-12)4(7)8-6(10)13-2/h7H2,1-2H3. The maximum absolute atomic E-state index is 11.3. The predicted octanol–water partition coefficient (Wildman–Crippen LogP) is 0.482. The maximum atomic E-state index is 11.3. The van der Waals surface area contributed by atoms with Crippen molar-refractivity contribution in [1.82, 2.24) is 9.55 Å². The van der Waals surface area contributed by atoms with E-state index in [4.69, 9.17) is 5.73 Å². The highest BCUT2D eigenvalue weighted by Crippen LogP contribution is 2.17. The van der Waals surface area contributed by atoms with Crippen LogP contribution in [-0.2, 0) is 7.05 Å². The summed E-state index contributed by atoms with van der Waals surface area (Å²) >= 11 is 1.27. The second-order valence-electron chi connectivity index (χ2n) is 2.29. The van der Waals surface area contributed by atoms with Crippen molar-refractivity contribution in [3.05, 3.63) is 15.3 Å². The Hall–Kier alpha value is -1.37. The zero-order chi connectivity index (χ0) is 10.0. The van der Waals surface area contributed by atoms with Gasteiger partial charge in [-0.1, -0.05) is 11.8 Å². The van der Waals surface area contributed by atoms with Gasteiger partial charge in [0, 0.05) is 7.05 Å². The lowest BCUT2D eigenvalue weighted by molar-refractivity contribution is 0.714. The summed E-state index contributed by atoms with van der Waals surface area (Å²) in [5.74, 6) is -0.123. The van der Waals surface area contributed by atoms with Crippen LogP contribution in [0.2, 0.25) is 0 Å². The number of hydrogen-bond acceptors (Lipinski definition) is 6. The Morgan fingerprint density at radius 3 is 2.69 bits per heavy atom. The second-order valence-corrected chi connectivity index (χ2v) is 3.06. The molecule has 0 aliphatic rings. The van der Waals surface area contributed by atoms with E-state index in [0.717, 1.165) is 0 Å². The van der Waals surface area contributed by atoms with Crippen molar-refractivity contribution in [2.45, 2.75) is 5.16 Å². The lowest BCUT2D eigenvalue weighted by atomic mass is 10.5. The smallest absolute Gasteiger partial charge is 0.285 e. The minimum Gasteiger partial charge on any atom is -0.382 e. The van der Waals surface area contributed by atoms with Crippen molar-refractivity contribution in [1.29, 1.82) is 0 Å². The van der Waals surface area contributed by atoms with E-state index >= 15 is 0 Å². The van der Waals surface area contributed by atoms with E-state index in [-0.39, 0.29) is 11.5 Å². The SMILES string of the molecule is CSc1nc(N)c(N=O)c(=O)n1C. The molecule has 1 rings (SSSR count). The number of thioether (sulfide) groups is 1. The Balaban J connectivity index is 3.55. The highest BCUT2D eigenvalue weighted by atomic mass is 32.2. The molecule has 70 valence electrons. The molecule has 1 heterocycles. The van der Waals surface area contributed by atoms with Gasteiger partial charge in [0.05, 0.1) is 0 Å². The molecule has 0 unspecified atom stereocenters. The molecule has 13 heavy (non-hydrogen) atoms. The Labute approximate surface area is 78.1 Å². The summed E-state index contributed by atoms with van der Waals surface area (Å²) in [5.41, 5.74) is 4.49. The van der Waals surface area contributed by atoms with Crippen LogP contribution < -0.4 is 11.3 Å². The van der Waals surface area contributed by atoms with Crippen LogP contribution in [0.5, 0.6) is 0 Å². The third-order valence-corrected chi connectivity index (χ3v) is 2.26. The maximum Gasteiger partial charge on any atom is 0.285 e. The summed E-state index contributed by atoms with van der Waals surface area (Å²) in [6.45, 7) is 0. The molecule has 0 atom stereocenters. The lowest BCUT2D eigenvalue weighted by Crippen LogP contribution is -2.20. The molecule has 0 aliphatic carbocycles. The summed E-state index contributed by atoms with van der Waals surface area (Å²) < 4.78 is 1.23. The zero-order valence-electron chi connectivity index (χ0n) is 7.14. The van der Waals surface area contributed by atoms with E-state index in [0.29, 0.717) is 5.16 Å². The normalized spacial score (nSPS) is 10.0. The largest absolute Gasteiger partial charge is 0.382 e. The average Bonchev–Trinajstić information content (AvgIpc) is 2.12. The molecule has 1 aromatic heterocycles. The Morgan fingerprint density at radius 1 is 1.62 bits per heavy atom. The van der Waals surface area contributed by atoms with Gasteiger partial charge in [-0.15, -0.1) is 4.91 Å². The number of nitrogen functional groups attached to an aromatic ring is 1. The summed E-state index contributed by atoms with van der Waals surface area (Å²) in [4.78, 5) is 25.4. The van der Waals surface area contributed by atoms with Gasteiger partial charge in [0.2, 0.25) is 5.69 Å². The minimum atomic E-state index is -0.521. The summed E-state index contributed by atoms with van der Waals surface area (Å²) in [5, 5.41) is 2.98. The third kappa shape index (κ3) is 1.55. The monoisotopic (exact) mass is 200 g/mol. The minimum absolute atomic E-state index is 0.123. The molecule has 0 saturated carbocycles. The van der Waals surface area contributed by atoms with Gasteiger partial charge in [-0.3, -0.25) is 9.36 Å². The molecule has 7 heteroatoms. The molecule has 0 amide bonds. The van der Waals surface area contributed by atoms with Gasteiger partial charge in [0.15, 0.2) is 11.0 Å². The molecule has 0 aliphatic heterocycles. The predicted molar refractivity (Wildman–Crippen MR) is 51.1 cm³/mol. The number of nitroso groups, excluding NO2 is 1. The van der Waals surface area contributed by atoms with Crippen LogP contribution in [0.15, 0.2) is 15.1 Å². The van der Waals surface area contributed by atoms with Gasteiger partial charge in [-0.05, 0) is 11.4 Å². The number of aromatic nitrogens is 2. The van der Waals surface area contributed by atoms with Crippen molar-refractivity contribution in [3.8, 4) is 0 Å². The quantitative estimate of drug-likeness (QED) is 0.426. The fourth-order valence-electron chi connectivity index (χ4n) is 0.855. The van der Waals surface area contributed by atoms with Crippen LogP contribution in [0, 0.1) is 4.91 Å². The molecule has 0 bridgehead atoms. The number of nitrogens with two attached hydrogens (primary N) is 1. The van der Waals surface area contributed by atoms with Crippen LogP contribution in [0.4, 0.5) is 11.5 Å². The van der Waals surface area contributed by atoms with Crippen LogP contribution in [0.3, 0.4) is 0 Å². The molecular weight excluding hydrogens is 192 g/mol. The molecular formula is C6H8N4O2S. The molecule has 0 saturated heterocycles. The molecule has 0 radical (unpaired) electrons. The van der Waals surface area contributed by atoms with E-state index in [2.05, 4.69) is 10.2 Å². The first-order valence-electron chi connectivity index (χ1n) is 3.35. The van der Waals surface area contributed by atoms with Gasteiger partial charge in [0.25, 0.3) is 5.56 Å². The van der Waals surface area contributed by atoms with Crippen LogP contribution >= 0.6 is 11.8 Å². The van der Waals surface area contributed by atoms with Gasteiger partial charge in [0.1, 0.15) is 0 Å². The summed E-state index contributed by atoms with van der Waals surface area (Å²) in [7, 11) is 1.51. The highest BCUT2D eigenvalue weighted by Gasteiger charge is 2.11. The van der Waals surface area contributed by atoms with E-state index in [1.54, 1.807) is 6.26 Å². The first-order valence-corrected chi connectivity index (χ1v) is 4.58. The van der Waals surface area contributed by atoms with Crippen molar-refractivity contribution < 1.29 is 0 Å². The molecule has 1 aromatic rings. The summed E-state index contributed by atoms with van der Waals surface area (Å²) in [6, 6.07) is 0. The molecule has 0 fully saturated rings. The Morgan fingerprint density at radius 2 is 2.23 bits per heavy atom. The number of anilines is 1. The van der Waals surface area contributed by atoms with Crippen molar-refractivity contribution in [2.24, 2.45) is 12.2 Å². The molecule has 2 N–H and O–H groups in total. The van der Waals surface area contributed by atoms with E-state index < -0.39 is 5.56 Å². The fraction of sp³-hybridized carbons (Fsp3) is 0.333. The summed E-state index contributed by atoms with van der Waals surface area (Å²) in [6.07, 6.45) is 1.76. The highest BCUT2D eigenvalue weighted by molar-refractivity contribution is 7.98. The Kier molecular flexibility index (Phi) is 2.66. The van der Waals surface area contributed by atoms with E-state index in [9.17, 15) is 9.70 Å². The fourth-order valence-corrected chi connectivity index (χ4v) is 1.40. The van der Waals surface area contributed by atoms with Crippen molar-refractivity contribution >= 4 is 23.3 Å². The average molecular weight is 200 g/mol. The number of nitrogens with zero attached hydrogens (tertiary/aromatic N) is 3. The third-order valence-electron chi connectivity index (χ3n) is 1.53. The van der Waals surface area contributed by atoms with Crippen molar-refractivity contribution in [2.75, 3.05) is 12.0 Å². The van der Waals surface area contributed by atoms with Gasteiger partial charge in [-0.2, -0.15) is 0 Å². The van der Waals surface area contributed by atoms with Gasteiger partial charge < -0.3 is 5.73 Å². The number of hydrogen-bond donors (Lipinski definition) is 1.